The highest BCUT2D eigenvalue weighted by Crippen LogP contribution is 2.24. The molecule has 1 aliphatic heterocycles. The average molecular weight is 534 g/mol. The number of rotatable bonds is 14. The second-order valence-electron chi connectivity index (χ2n) is 8.83. The van der Waals surface area contributed by atoms with Crippen molar-refractivity contribution in [3.05, 3.63) is 84.0 Å². The summed E-state index contributed by atoms with van der Waals surface area (Å²) in [5.41, 5.74) is 1.31. The summed E-state index contributed by atoms with van der Waals surface area (Å²) in [6.45, 7) is 5.62. The second kappa shape index (κ2) is 14.4. The van der Waals surface area contributed by atoms with Crippen LogP contribution in [-0.2, 0) is 19.2 Å². The molecule has 0 bridgehead atoms. The fraction of sp³-hybridized carbons (Fsp3) is 0.267. The SMILES string of the molecule is C=C(CO)C(=O)Oc1ccc(OC(=O)/C=C/c2ccc(OCCCCCCN3C(=O)C=CC3=O)cc2)cc1C. The van der Waals surface area contributed by atoms with Crippen LogP contribution in [0.5, 0.6) is 17.2 Å². The van der Waals surface area contributed by atoms with E-state index in [1.807, 2.05) is 24.3 Å². The largest absolute Gasteiger partial charge is 0.494 e. The predicted molar refractivity (Wildman–Crippen MR) is 144 cm³/mol. The van der Waals surface area contributed by atoms with Crippen molar-refractivity contribution in [1.82, 2.24) is 4.90 Å². The molecule has 2 aromatic rings. The summed E-state index contributed by atoms with van der Waals surface area (Å²) >= 11 is 0. The number of ether oxygens (including phenoxy) is 3. The predicted octanol–water partition coefficient (Wildman–Crippen LogP) is 3.93. The summed E-state index contributed by atoms with van der Waals surface area (Å²) < 4.78 is 16.2. The number of carbonyl (C=O) groups excluding carboxylic acids is 4. The van der Waals surface area contributed by atoms with E-state index in [0.29, 0.717) is 30.2 Å². The molecule has 1 heterocycles. The zero-order valence-corrected chi connectivity index (χ0v) is 21.8. The summed E-state index contributed by atoms with van der Waals surface area (Å²) in [4.78, 5) is 48.2. The van der Waals surface area contributed by atoms with Gasteiger partial charge in [-0.1, -0.05) is 31.6 Å². The molecule has 9 nitrogen and oxygen atoms in total. The average Bonchev–Trinajstić information content (AvgIpc) is 3.25. The highest BCUT2D eigenvalue weighted by Gasteiger charge is 2.22. The van der Waals surface area contributed by atoms with Crippen LogP contribution in [0.4, 0.5) is 0 Å². The molecule has 1 N–H and O–H groups in total. The van der Waals surface area contributed by atoms with Crippen LogP contribution in [0, 0.1) is 6.92 Å². The van der Waals surface area contributed by atoms with Gasteiger partial charge >= 0.3 is 11.9 Å². The number of imide groups is 1. The van der Waals surface area contributed by atoms with Crippen LogP contribution in [0.25, 0.3) is 6.08 Å². The molecule has 0 fully saturated rings. The molecule has 39 heavy (non-hydrogen) atoms. The first-order chi connectivity index (χ1) is 18.8. The Labute approximate surface area is 227 Å². The number of unbranched alkanes of at least 4 members (excludes halogenated alkanes) is 3. The number of esters is 2. The number of aliphatic hydroxyl groups excluding tert-OH is 1. The minimum atomic E-state index is -0.731. The van der Waals surface area contributed by atoms with E-state index >= 15 is 0 Å². The Hall–Kier alpha value is -4.50. The van der Waals surface area contributed by atoms with Crippen molar-refractivity contribution >= 4 is 29.8 Å². The minimum Gasteiger partial charge on any atom is -0.494 e. The normalized spacial score (nSPS) is 12.7. The van der Waals surface area contributed by atoms with Gasteiger partial charge in [0.05, 0.1) is 18.8 Å². The van der Waals surface area contributed by atoms with E-state index in [1.165, 1.54) is 35.3 Å². The molecule has 0 saturated heterocycles. The first-order valence-corrected chi connectivity index (χ1v) is 12.5. The summed E-state index contributed by atoms with van der Waals surface area (Å²) in [7, 11) is 0. The van der Waals surface area contributed by atoms with Gasteiger partial charge in [0.1, 0.15) is 17.2 Å². The highest BCUT2D eigenvalue weighted by atomic mass is 16.5. The van der Waals surface area contributed by atoms with Crippen LogP contribution in [0.1, 0.15) is 36.8 Å². The molecule has 1 aliphatic rings. The molecule has 3 rings (SSSR count). The van der Waals surface area contributed by atoms with Gasteiger partial charge in [0.25, 0.3) is 11.8 Å². The Kier molecular flexibility index (Phi) is 10.8. The van der Waals surface area contributed by atoms with E-state index in [2.05, 4.69) is 6.58 Å². The Morgan fingerprint density at radius 1 is 0.923 bits per heavy atom. The Bertz CT molecular complexity index is 1260. The molecule has 0 atom stereocenters. The number of nitrogens with zero attached hydrogens (tertiary/aromatic N) is 1. The van der Waals surface area contributed by atoms with Gasteiger partial charge in [-0.15, -0.1) is 0 Å². The Morgan fingerprint density at radius 3 is 2.26 bits per heavy atom. The number of hydrogen-bond donors (Lipinski definition) is 1. The molecular weight excluding hydrogens is 502 g/mol. The van der Waals surface area contributed by atoms with Crippen molar-refractivity contribution in [2.24, 2.45) is 0 Å². The van der Waals surface area contributed by atoms with Crippen LogP contribution in [0.15, 0.2) is 72.8 Å². The van der Waals surface area contributed by atoms with Gasteiger partial charge in [-0.3, -0.25) is 14.5 Å². The topological polar surface area (TPSA) is 119 Å². The molecule has 0 aromatic heterocycles. The number of amides is 2. The lowest BCUT2D eigenvalue weighted by Gasteiger charge is -2.13. The first-order valence-electron chi connectivity index (χ1n) is 12.5. The second-order valence-corrected chi connectivity index (χ2v) is 8.83. The molecule has 0 saturated carbocycles. The van der Waals surface area contributed by atoms with Crippen molar-refractivity contribution in [2.75, 3.05) is 19.8 Å². The molecule has 9 heteroatoms. The maximum Gasteiger partial charge on any atom is 0.341 e. The van der Waals surface area contributed by atoms with E-state index in [9.17, 15) is 19.2 Å². The monoisotopic (exact) mass is 533 g/mol. The van der Waals surface area contributed by atoms with E-state index in [-0.39, 0.29) is 23.1 Å². The number of benzene rings is 2. The van der Waals surface area contributed by atoms with Crippen molar-refractivity contribution < 1.29 is 38.5 Å². The van der Waals surface area contributed by atoms with Gasteiger partial charge in [0.2, 0.25) is 0 Å². The molecule has 0 spiro atoms. The zero-order chi connectivity index (χ0) is 28.2. The number of aliphatic hydroxyl groups is 1. The standard InChI is InChI=1S/C30H31NO8/c1-21-19-25(12-13-26(21)39-30(36)22(2)20-32)38-29(35)16-9-23-7-10-24(11-8-23)37-18-6-4-3-5-17-31-27(33)14-15-28(31)34/h7-16,19,32H,2-6,17-18,20H2,1H3/b16-9+. The van der Waals surface area contributed by atoms with Crippen molar-refractivity contribution in [2.45, 2.75) is 32.6 Å². The van der Waals surface area contributed by atoms with Gasteiger partial charge in [0.15, 0.2) is 0 Å². The van der Waals surface area contributed by atoms with Crippen LogP contribution >= 0.6 is 0 Å². The fourth-order valence-electron chi connectivity index (χ4n) is 3.59. The van der Waals surface area contributed by atoms with Crippen molar-refractivity contribution in [3.63, 3.8) is 0 Å². The summed E-state index contributed by atoms with van der Waals surface area (Å²) in [6.07, 6.45) is 8.99. The number of hydrogen-bond acceptors (Lipinski definition) is 8. The molecule has 0 aliphatic carbocycles. The molecule has 204 valence electrons. The van der Waals surface area contributed by atoms with Gasteiger partial charge in [-0.05, 0) is 67.3 Å². The van der Waals surface area contributed by atoms with Gasteiger partial charge in [0, 0.05) is 24.8 Å². The third kappa shape index (κ3) is 9.08. The Morgan fingerprint density at radius 2 is 1.59 bits per heavy atom. The van der Waals surface area contributed by atoms with Crippen LogP contribution in [0.2, 0.25) is 0 Å². The lowest BCUT2D eigenvalue weighted by atomic mass is 10.2. The van der Waals surface area contributed by atoms with Crippen LogP contribution in [0.3, 0.4) is 0 Å². The third-order valence-corrected chi connectivity index (χ3v) is 5.78. The van der Waals surface area contributed by atoms with Crippen molar-refractivity contribution in [1.29, 1.82) is 0 Å². The van der Waals surface area contributed by atoms with Crippen molar-refractivity contribution in [3.8, 4) is 17.2 Å². The first kappa shape index (κ1) is 29.1. The number of carbonyl (C=O) groups is 4. The van der Waals surface area contributed by atoms with E-state index < -0.39 is 18.5 Å². The maximum absolute atomic E-state index is 12.2. The minimum absolute atomic E-state index is 0.0625. The molecule has 0 radical (unpaired) electrons. The van der Waals surface area contributed by atoms with Crippen LogP contribution in [-0.4, -0.2) is 53.5 Å². The summed E-state index contributed by atoms with van der Waals surface area (Å²) in [5, 5.41) is 8.96. The Balaban J connectivity index is 1.35. The quantitative estimate of drug-likeness (QED) is 0.128. The number of aryl methyl sites for hydroxylation is 1. The van der Waals surface area contributed by atoms with Gasteiger partial charge in [-0.2, -0.15) is 0 Å². The van der Waals surface area contributed by atoms with Gasteiger partial charge < -0.3 is 19.3 Å². The van der Waals surface area contributed by atoms with Crippen LogP contribution < -0.4 is 14.2 Å². The maximum atomic E-state index is 12.2. The molecular formula is C30H31NO8. The third-order valence-electron chi connectivity index (χ3n) is 5.78. The smallest absolute Gasteiger partial charge is 0.341 e. The molecule has 2 amide bonds. The fourth-order valence-corrected chi connectivity index (χ4v) is 3.59. The molecule has 2 aromatic carbocycles. The van der Waals surface area contributed by atoms with E-state index in [1.54, 1.807) is 19.1 Å². The molecule has 0 unspecified atom stereocenters. The summed E-state index contributed by atoms with van der Waals surface area (Å²) in [5.74, 6) is -0.499. The summed E-state index contributed by atoms with van der Waals surface area (Å²) in [6, 6.07) is 11.8. The van der Waals surface area contributed by atoms with E-state index in [0.717, 1.165) is 31.2 Å². The zero-order valence-electron chi connectivity index (χ0n) is 21.8. The lowest BCUT2D eigenvalue weighted by Crippen LogP contribution is -2.30. The van der Waals surface area contributed by atoms with Gasteiger partial charge in [-0.25, -0.2) is 9.59 Å². The lowest BCUT2D eigenvalue weighted by molar-refractivity contribution is -0.137. The highest BCUT2D eigenvalue weighted by molar-refractivity contribution is 6.12. The van der Waals surface area contributed by atoms with E-state index in [4.69, 9.17) is 19.3 Å².